The van der Waals surface area contributed by atoms with Gasteiger partial charge in [-0.1, -0.05) is 6.92 Å². The van der Waals surface area contributed by atoms with E-state index in [0.29, 0.717) is 6.42 Å². The van der Waals surface area contributed by atoms with Crippen molar-refractivity contribution in [3.63, 3.8) is 0 Å². The first kappa shape index (κ1) is 14.5. The fraction of sp³-hybridized carbons (Fsp3) is 0.500. The summed E-state index contributed by atoms with van der Waals surface area (Å²) in [5, 5.41) is 3.23. The number of ether oxygens (including phenoxy) is 1. The number of benzene rings is 1. The van der Waals surface area contributed by atoms with Gasteiger partial charge in [0.1, 0.15) is 5.75 Å². The molecule has 0 aromatic heterocycles. The monoisotopic (exact) mass is 250 g/mol. The first-order valence-corrected chi connectivity index (χ1v) is 6.22. The number of carbonyl (C=O) groups excluding carboxylic acids is 1. The van der Waals surface area contributed by atoms with Crippen molar-refractivity contribution in [2.24, 2.45) is 0 Å². The summed E-state index contributed by atoms with van der Waals surface area (Å²) in [6.07, 6.45) is 0.496. The van der Waals surface area contributed by atoms with Crippen LogP contribution in [-0.2, 0) is 4.79 Å². The van der Waals surface area contributed by atoms with Gasteiger partial charge in [-0.15, -0.1) is 0 Å². The van der Waals surface area contributed by atoms with Crippen molar-refractivity contribution in [3.8, 4) is 5.75 Å². The van der Waals surface area contributed by atoms with Crippen LogP contribution < -0.4 is 15.0 Å². The fourth-order valence-corrected chi connectivity index (χ4v) is 1.77. The molecule has 0 aliphatic rings. The van der Waals surface area contributed by atoms with Gasteiger partial charge >= 0.3 is 0 Å². The van der Waals surface area contributed by atoms with Crippen molar-refractivity contribution >= 4 is 11.6 Å². The van der Waals surface area contributed by atoms with Crippen LogP contribution >= 0.6 is 0 Å². The van der Waals surface area contributed by atoms with Crippen LogP contribution in [0.3, 0.4) is 0 Å². The van der Waals surface area contributed by atoms with Gasteiger partial charge in [0.05, 0.1) is 7.11 Å². The average Bonchev–Trinajstić information content (AvgIpc) is 2.38. The second-order valence-corrected chi connectivity index (χ2v) is 4.31. The predicted octanol–water partition coefficient (Wildman–Crippen LogP) is 2.05. The summed E-state index contributed by atoms with van der Waals surface area (Å²) in [6.45, 7) is 4.93. The van der Waals surface area contributed by atoms with Crippen LogP contribution in [0.1, 0.15) is 20.3 Å². The molecular formula is C14H22N2O2. The third-order valence-electron chi connectivity index (χ3n) is 2.87. The second kappa shape index (κ2) is 7.01. The van der Waals surface area contributed by atoms with Gasteiger partial charge in [0, 0.05) is 25.2 Å². The summed E-state index contributed by atoms with van der Waals surface area (Å²) in [7, 11) is 3.42. The van der Waals surface area contributed by atoms with Gasteiger partial charge in [0.25, 0.3) is 0 Å². The van der Waals surface area contributed by atoms with E-state index in [-0.39, 0.29) is 11.9 Å². The number of anilines is 1. The van der Waals surface area contributed by atoms with E-state index in [1.165, 1.54) is 0 Å². The maximum Gasteiger partial charge on any atom is 0.228 e. The van der Waals surface area contributed by atoms with Gasteiger partial charge in [-0.3, -0.25) is 4.79 Å². The highest BCUT2D eigenvalue weighted by Crippen LogP contribution is 2.18. The highest BCUT2D eigenvalue weighted by molar-refractivity contribution is 5.93. The summed E-state index contributed by atoms with van der Waals surface area (Å²) in [5.74, 6) is 0.897. The Morgan fingerprint density at radius 1 is 1.39 bits per heavy atom. The minimum absolute atomic E-state index is 0.105. The van der Waals surface area contributed by atoms with Gasteiger partial charge in [-0.2, -0.15) is 0 Å². The molecule has 0 fully saturated rings. The zero-order valence-corrected chi connectivity index (χ0v) is 11.6. The summed E-state index contributed by atoms with van der Waals surface area (Å²) in [6, 6.07) is 7.67. The largest absolute Gasteiger partial charge is 0.497 e. The number of nitrogens with zero attached hydrogens (tertiary/aromatic N) is 1. The Balaban J connectivity index is 2.61. The molecule has 100 valence electrons. The normalized spacial score (nSPS) is 12.0. The summed E-state index contributed by atoms with van der Waals surface area (Å²) >= 11 is 0. The maximum atomic E-state index is 12.0. The summed E-state index contributed by atoms with van der Waals surface area (Å²) in [5.41, 5.74) is 0.879. The van der Waals surface area contributed by atoms with Crippen LogP contribution in [0.25, 0.3) is 0 Å². The lowest BCUT2D eigenvalue weighted by Crippen LogP contribution is -2.34. The van der Waals surface area contributed by atoms with E-state index >= 15 is 0 Å². The molecule has 0 aliphatic heterocycles. The molecule has 0 radical (unpaired) electrons. The predicted molar refractivity (Wildman–Crippen MR) is 74.2 cm³/mol. The Bertz CT molecular complexity index is 376. The molecule has 0 heterocycles. The Morgan fingerprint density at radius 3 is 2.50 bits per heavy atom. The molecule has 0 saturated carbocycles. The van der Waals surface area contributed by atoms with Crippen LogP contribution in [0.2, 0.25) is 0 Å². The minimum Gasteiger partial charge on any atom is -0.497 e. The van der Waals surface area contributed by atoms with E-state index in [2.05, 4.69) is 5.32 Å². The maximum absolute atomic E-state index is 12.0. The molecule has 18 heavy (non-hydrogen) atoms. The molecule has 4 heteroatoms. The molecule has 0 saturated heterocycles. The van der Waals surface area contributed by atoms with Crippen LogP contribution in [0.5, 0.6) is 5.75 Å². The third-order valence-corrected chi connectivity index (χ3v) is 2.87. The average molecular weight is 250 g/mol. The molecule has 1 aromatic carbocycles. The molecule has 1 unspecified atom stereocenters. The highest BCUT2D eigenvalue weighted by atomic mass is 16.5. The number of rotatable bonds is 6. The molecule has 1 atom stereocenters. The van der Waals surface area contributed by atoms with Crippen molar-refractivity contribution in [3.05, 3.63) is 24.3 Å². The lowest BCUT2D eigenvalue weighted by Gasteiger charge is -2.20. The Kier molecular flexibility index (Phi) is 5.65. The van der Waals surface area contributed by atoms with Gasteiger partial charge in [0.15, 0.2) is 0 Å². The first-order valence-electron chi connectivity index (χ1n) is 6.22. The zero-order chi connectivity index (χ0) is 13.5. The zero-order valence-electron chi connectivity index (χ0n) is 11.6. The molecule has 1 amide bonds. The fourth-order valence-electron chi connectivity index (χ4n) is 1.77. The SMILES string of the molecule is CCNC(C)CC(=O)N(C)c1ccc(OC)cc1. The molecule has 1 rings (SSSR count). The Hall–Kier alpha value is -1.55. The number of hydrogen-bond acceptors (Lipinski definition) is 3. The van der Waals surface area contributed by atoms with Crippen LogP contribution in [-0.4, -0.2) is 32.7 Å². The topological polar surface area (TPSA) is 41.6 Å². The van der Waals surface area contributed by atoms with E-state index in [9.17, 15) is 4.79 Å². The molecule has 4 nitrogen and oxygen atoms in total. The van der Waals surface area contributed by atoms with Crippen LogP contribution in [0.15, 0.2) is 24.3 Å². The number of nitrogens with one attached hydrogen (secondary N) is 1. The molecular weight excluding hydrogens is 228 g/mol. The van der Waals surface area contributed by atoms with Gasteiger partial charge < -0.3 is 15.0 Å². The van der Waals surface area contributed by atoms with Crippen molar-refractivity contribution in [1.82, 2.24) is 5.32 Å². The summed E-state index contributed by atoms with van der Waals surface area (Å²) in [4.78, 5) is 13.7. The van der Waals surface area contributed by atoms with Crippen LogP contribution in [0.4, 0.5) is 5.69 Å². The van der Waals surface area contributed by atoms with Crippen molar-refractivity contribution in [2.45, 2.75) is 26.3 Å². The quantitative estimate of drug-likeness (QED) is 0.840. The molecule has 1 aromatic rings. The highest BCUT2D eigenvalue weighted by Gasteiger charge is 2.14. The van der Waals surface area contributed by atoms with Gasteiger partial charge in [0.2, 0.25) is 5.91 Å². The smallest absolute Gasteiger partial charge is 0.228 e. The van der Waals surface area contributed by atoms with E-state index in [1.54, 1.807) is 19.1 Å². The van der Waals surface area contributed by atoms with E-state index in [1.807, 2.05) is 38.1 Å². The Labute approximate surface area is 109 Å². The third kappa shape index (κ3) is 4.04. The van der Waals surface area contributed by atoms with Crippen molar-refractivity contribution in [1.29, 1.82) is 0 Å². The van der Waals surface area contributed by atoms with E-state index in [0.717, 1.165) is 18.0 Å². The van der Waals surface area contributed by atoms with Crippen molar-refractivity contribution in [2.75, 3.05) is 25.6 Å². The van der Waals surface area contributed by atoms with Crippen molar-refractivity contribution < 1.29 is 9.53 Å². The lowest BCUT2D eigenvalue weighted by atomic mass is 10.2. The second-order valence-electron chi connectivity index (χ2n) is 4.31. The lowest BCUT2D eigenvalue weighted by molar-refractivity contribution is -0.118. The number of methoxy groups -OCH3 is 1. The molecule has 0 aliphatic carbocycles. The number of hydrogen-bond donors (Lipinski definition) is 1. The van der Waals surface area contributed by atoms with E-state index in [4.69, 9.17) is 4.74 Å². The van der Waals surface area contributed by atoms with Gasteiger partial charge in [-0.25, -0.2) is 0 Å². The first-order chi connectivity index (χ1) is 8.58. The molecule has 0 bridgehead atoms. The summed E-state index contributed by atoms with van der Waals surface area (Å²) < 4.78 is 5.09. The minimum atomic E-state index is 0.105. The molecule has 0 spiro atoms. The number of amides is 1. The van der Waals surface area contributed by atoms with Gasteiger partial charge in [-0.05, 0) is 37.7 Å². The Morgan fingerprint density at radius 2 is 2.00 bits per heavy atom. The molecule has 1 N–H and O–H groups in total. The van der Waals surface area contributed by atoms with Crippen LogP contribution in [0, 0.1) is 0 Å². The standard InChI is InChI=1S/C14H22N2O2/c1-5-15-11(2)10-14(17)16(3)12-6-8-13(18-4)9-7-12/h6-9,11,15H,5,10H2,1-4H3. The van der Waals surface area contributed by atoms with E-state index < -0.39 is 0 Å². The number of carbonyl (C=O) groups is 1.